The first-order valence-electron chi connectivity index (χ1n) is 7.77. The second-order valence-corrected chi connectivity index (χ2v) is 5.81. The predicted octanol–water partition coefficient (Wildman–Crippen LogP) is 4.09. The number of allylic oxidation sites excluding steroid dienone is 4. The highest BCUT2D eigenvalue weighted by Gasteiger charge is 2.31. The molecule has 1 aliphatic carbocycles. The van der Waals surface area contributed by atoms with Gasteiger partial charge >= 0.3 is 0 Å². The number of hydrogen-bond acceptors (Lipinski definition) is 1. The van der Waals surface area contributed by atoms with E-state index in [9.17, 15) is 4.79 Å². The van der Waals surface area contributed by atoms with E-state index in [2.05, 4.69) is 55.5 Å². The molecular formula is C19H25NO. The summed E-state index contributed by atoms with van der Waals surface area (Å²) < 4.78 is 0. The molecule has 2 heteroatoms. The van der Waals surface area contributed by atoms with Crippen molar-refractivity contribution in [3.8, 4) is 0 Å². The fourth-order valence-electron chi connectivity index (χ4n) is 3.33. The Hall–Kier alpha value is -1.83. The first-order chi connectivity index (χ1) is 10.1. The van der Waals surface area contributed by atoms with Gasteiger partial charge in [0.15, 0.2) is 0 Å². The number of carbonyl (C=O) groups is 1. The minimum Gasteiger partial charge on any atom is -0.340 e. The highest BCUT2D eigenvalue weighted by Crippen LogP contribution is 2.36. The van der Waals surface area contributed by atoms with Gasteiger partial charge in [-0.05, 0) is 32.3 Å². The van der Waals surface area contributed by atoms with Crippen LogP contribution in [0.1, 0.15) is 39.2 Å². The fourth-order valence-corrected chi connectivity index (χ4v) is 3.33. The van der Waals surface area contributed by atoms with Crippen LogP contribution >= 0.6 is 0 Å². The third-order valence-corrected chi connectivity index (χ3v) is 4.32. The zero-order valence-corrected chi connectivity index (χ0v) is 13.3. The van der Waals surface area contributed by atoms with Gasteiger partial charge in [0.1, 0.15) is 0 Å². The predicted molar refractivity (Wildman–Crippen MR) is 88.2 cm³/mol. The fraction of sp³-hybridized carbons (Fsp3) is 0.421. The summed E-state index contributed by atoms with van der Waals surface area (Å²) in [6.45, 7) is 6.60. The van der Waals surface area contributed by atoms with Gasteiger partial charge in [0.25, 0.3) is 0 Å². The summed E-state index contributed by atoms with van der Waals surface area (Å²) in [6, 6.07) is 10.8. The van der Waals surface area contributed by atoms with Crippen molar-refractivity contribution < 1.29 is 4.79 Å². The molecule has 1 amide bonds. The molecule has 0 spiro atoms. The van der Waals surface area contributed by atoms with Crippen LogP contribution in [0.25, 0.3) is 0 Å². The Balaban J connectivity index is 2.30. The lowest BCUT2D eigenvalue weighted by molar-refractivity contribution is -0.130. The van der Waals surface area contributed by atoms with E-state index in [1.807, 2.05) is 17.9 Å². The van der Waals surface area contributed by atoms with Crippen molar-refractivity contribution in [2.24, 2.45) is 0 Å². The molecular weight excluding hydrogens is 258 g/mol. The Morgan fingerprint density at radius 3 is 2.38 bits per heavy atom. The lowest BCUT2D eigenvalue weighted by atomic mass is 9.73. The van der Waals surface area contributed by atoms with E-state index in [0.717, 1.165) is 19.4 Å². The average molecular weight is 283 g/mol. The molecule has 0 saturated heterocycles. The van der Waals surface area contributed by atoms with Crippen molar-refractivity contribution in [1.29, 1.82) is 0 Å². The van der Waals surface area contributed by atoms with Crippen LogP contribution in [0.4, 0.5) is 0 Å². The molecule has 0 bridgehead atoms. The van der Waals surface area contributed by atoms with Gasteiger partial charge in [0.05, 0.1) is 0 Å². The van der Waals surface area contributed by atoms with E-state index in [1.165, 1.54) is 5.56 Å². The van der Waals surface area contributed by atoms with Gasteiger partial charge in [0.2, 0.25) is 5.91 Å². The van der Waals surface area contributed by atoms with Crippen LogP contribution in [0.3, 0.4) is 0 Å². The van der Waals surface area contributed by atoms with Crippen molar-refractivity contribution in [3.05, 3.63) is 60.2 Å². The molecule has 0 heterocycles. The maximum absolute atomic E-state index is 11.8. The maximum Gasteiger partial charge on any atom is 0.219 e. The second kappa shape index (κ2) is 6.75. The van der Waals surface area contributed by atoms with Gasteiger partial charge < -0.3 is 4.90 Å². The molecule has 21 heavy (non-hydrogen) atoms. The van der Waals surface area contributed by atoms with Crippen LogP contribution in [-0.4, -0.2) is 23.4 Å². The molecule has 0 aliphatic heterocycles. The van der Waals surface area contributed by atoms with E-state index in [0.29, 0.717) is 0 Å². The standard InChI is InChI=1S/C19H25NO/c1-4-20(17(3)21)16(2)15-19(13-9-6-10-14-19)18-11-7-5-8-12-18/h5,7-14,16H,4,6,15H2,1-3H3. The molecule has 0 aromatic heterocycles. The van der Waals surface area contributed by atoms with E-state index in [1.54, 1.807) is 6.92 Å². The maximum atomic E-state index is 11.8. The van der Waals surface area contributed by atoms with Gasteiger partial charge in [-0.25, -0.2) is 0 Å². The first-order valence-corrected chi connectivity index (χ1v) is 7.77. The monoisotopic (exact) mass is 283 g/mol. The van der Waals surface area contributed by atoms with Crippen LogP contribution < -0.4 is 0 Å². The number of amides is 1. The minimum absolute atomic E-state index is 0.0954. The highest BCUT2D eigenvalue weighted by molar-refractivity contribution is 5.73. The lowest BCUT2D eigenvalue weighted by Gasteiger charge is -2.37. The van der Waals surface area contributed by atoms with Gasteiger partial charge in [-0.2, -0.15) is 0 Å². The molecule has 1 unspecified atom stereocenters. The van der Waals surface area contributed by atoms with Crippen molar-refractivity contribution in [2.75, 3.05) is 6.54 Å². The Morgan fingerprint density at radius 1 is 1.24 bits per heavy atom. The smallest absolute Gasteiger partial charge is 0.219 e. The summed E-state index contributed by atoms with van der Waals surface area (Å²) in [5, 5.41) is 0. The zero-order chi connectivity index (χ0) is 15.3. The third kappa shape index (κ3) is 3.44. The lowest BCUT2D eigenvalue weighted by Crippen LogP contribution is -2.41. The van der Waals surface area contributed by atoms with Crippen LogP contribution in [-0.2, 0) is 10.2 Å². The van der Waals surface area contributed by atoms with Crippen LogP contribution in [0.5, 0.6) is 0 Å². The van der Waals surface area contributed by atoms with E-state index in [-0.39, 0.29) is 17.4 Å². The topological polar surface area (TPSA) is 20.3 Å². The number of hydrogen-bond donors (Lipinski definition) is 0. The number of benzene rings is 1. The number of rotatable bonds is 5. The van der Waals surface area contributed by atoms with E-state index in [4.69, 9.17) is 0 Å². The van der Waals surface area contributed by atoms with Crippen LogP contribution in [0, 0.1) is 0 Å². The van der Waals surface area contributed by atoms with E-state index >= 15 is 0 Å². The van der Waals surface area contributed by atoms with Gasteiger partial charge in [-0.3, -0.25) is 4.79 Å². The largest absolute Gasteiger partial charge is 0.340 e. The van der Waals surface area contributed by atoms with Gasteiger partial charge in [0, 0.05) is 24.9 Å². The number of nitrogens with zero attached hydrogens (tertiary/aromatic N) is 1. The summed E-state index contributed by atoms with van der Waals surface area (Å²) in [5.41, 5.74) is 1.20. The highest BCUT2D eigenvalue weighted by atomic mass is 16.2. The summed E-state index contributed by atoms with van der Waals surface area (Å²) >= 11 is 0. The Kier molecular flexibility index (Phi) is 5.00. The van der Waals surface area contributed by atoms with Gasteiger partial charge in [-0.1, -0.05) is 54.6 Å². The van der Waals surface area contributed by atoms with Gasteiger partial charge in [-0.15, -0.1) is 0 Å². The summed E-state index contributed by atoms with van der Waals surface area (Å²) in [5.74, 6) is 0.150. The summed E-state index contributed by atoms with van der Waals surface area (Å²) in [6.07, 6.45) is 11.0. The Labute approximate surface area is 128 Å². The molecule has 112 valence electrons. The zero-order valence-electron chi connectivity index (χ0n) is 13.3. The minimum atomic E-state index is -0.0954. The Morgan fingerprint density at radius 2 is 1.86 bits per heavy atom. The van der Waals surface area contributed by atoms with Crippen molar-refractivity contribution in [1.82, 2.24) is 4.90 Å². The molecule has 0 radical (unpaired) electrons. The molecule has 0 saturated carbocycles. The molecule has 1 aliphatic rings. The third-order valence-electron chi connectivity index (χ3n) is 4.32. The first kappa shape index (κ1) is 15.6. The quantitative estimate of drug-likeness (QED) is 0.745. The molecule has 2 nitrogen and oxygen atoms in total. The average Bonchev–Trinajstić information content (AvgIpc) is 2.49. The van der Waals surface area contributed by atoms with Crippen molar-refractivity contribution in [3.63, 3.8) is 0 Å². The molecule has 0 N–H and O–H groups in total. The number of carbonyl (C=O) groups excluding carboxylic acids is 1. The summed E-state index contributed by atoms with van der Waals surface area (Å²) in [7, 11) is 0. The van der Waals surface area contributed by atoms with Crippen molar-refractivity contribution >= 4 is 5.91 Å². The Bertz CT molecular complexity index is 518. The van der Waals surface area contributed by atoms with E-state index < -0.39 is 0 Å². The molecule has 2 rings (SSSR count). The normalized spacial score (nSPS) is 17.5. The molecule has 1 aromatic rings. The molecule has 1 aromatic carbocycles. The van der Waals surface area contributed by atoms with Crippen molar-refractivity contribution in [2.45, 2.75) is 45.1 Å². The second-order valence-electron chi connectivity index (χ2n) is 5.81. The van der Waals surface area contributed by atoms with Crippen LogP contribution in [0.15, 0.2) is 54.6 Å². The van der Waals surface area contributed by atoms with Crippen LogP contribution in [0.2, 0.25) is 0 Å². The molecule has 0 fully saturated rings. The SMILES string of the molecule is CCN(C(C)=O)C(C)CC1(c2ccccc2)C=CCC=C1. The summed E-state index contributed by atoms with van der Waals surface area (Å²) in [4.78, 5) is 13.7. The molecule has 1 atom stereocenters.